The van der Waals surface area contributed by atoms with Crippen LogP contribution in [0.2, 0.25) is 0 Å². The van der Waals surface area contributed by atoms with E-state index >= 15 is 0 Å². The van der Waals surface area contributed by atoms with Crippen molar-refractivity contribution in [1.82, 2.24) is 9.88 Å². The summed E-state index contributed by atoms with van der Waals surface area (Å²) in [5.41, 5.74) is 6.49. The van der Waals surface area contributed by atoms with Gasteiger partial charge in [0.1, 0.15) is 0 Å². The van der Waals surface area contributed by atoms with E-state index in [-0.39, 0.29) is 11.8 Å². The number of likely N-dealkylation sites (tertiary alicyclic amines) is 1. The zero-order valence-electron chi connectivity index (χ0n) is 12.1. The minimum Gasteiger partial charge on any atom is -0.369 e. The molecule has 0 aromatic carbocycles. The lowest BCUT2D eigenvalue weighted by molar-refractivity contribution is -0.130. The van der Waals surface area contributed by atoms with Gasteiger partial charge in [-0.3, -0.25) is 14.6 Å². The van der Waals surface area contributed by atoms with Crippen molar-refractivity contribution < 1.29 is 9.59 Å². The number of amides is 2. The Morgan fingerprint density at radius 3 is 2.80 bits per heavy atom. The van der Waals surface area contributed by atoms with Gasteiger partial charge in [0.15, 0.2) is 0 Å². The molecule has 2 rings (SSSR count). The summed E-state index contributed by atoms with van der Waals surface area (Å²) >= 11 is 0. The van der Waals surface area contributed by atoms with Crippen LogP contribution < -0.4 is 5.73 Å². The van der Waals surface area contributed by atoms with Crippen LogP contribution in [0, 0.1) is 12.3 Å². The highest BCUT2D eigenvalue weighted by molar-refractivity contribution is 5.94. The Morgan fingerprint density at radius 1 is 1.45 bits per heavy atom. The Bertz CT molecular complexity index is 530. The van der Waals surface area contributed by atoms with Gasteiger partial charge in [0.2, 0.25) is 5.91 Å². The van der Waals surface area contributed by atoms with Gasteiger partial charge in [-0.25, -0.2) is 0 Å². The normalized spacial score (nSPS) is 22.6. The Kier molecular flexibility index (Phi) is 4.06. The van der Waals surface area contributed by atoms with E-state index < -0.39 is 5.41 Å². The van der Waals surface area contributed by atoms with Gasteiger partial charge in [-0.1, -0.05) is 6.92 Å². The van der Waals surface area contributed by atoms with Gasteiger partial charge in [-0.2, -0.15) is 0 Å². The number of rotatable bonds is 3. The minimum atomic E-state index is -0.578. The Labute approximate surface area is 119 Å². The first-order valence-electron chi connectivity index (χ1n) is 6.99. The molecular formula is C15H21N3O2. The van der Waals surface area contributed by atoms with Gasteiger partial charge in [-0.15, -0.1) is 0 Å². The molecule has 1 saturated heterocycles. The number of aromatic nitrogens is 1. The van der Waals surface area contributed by atoms with Gasteiger partial charge in [0.05, 0.1) is 11.0 Å². The number of nitrogens with zero attached hydrogens (tertiary/aromatic N) is 2. The summed E-state index contributed by atoms with van der Waals surface area (Å²) in [5.74, 6) is -0.375. The van der Waals surface area contributed by atoms with Gasteiger partial charge in [-0.05, 0) is 37.8 Å². The fourth-order valence-corrected chi connectivity index (χ4v) is 2.82. The summed E-state index contributed by atoms with van der Waals surface area (Å²) in [4.78, 5) is 30.0. The Morgan fingerprint density at radius 2 is 2.20 bits per heavy atom. The first kappa shape index (κ1) is 14.5. The highest BCUT2D eigenvalue weighted by Gasteiger charge is 2.40. The van der Waals surface area contributed by atoms with Crippen LogP contribution >= 0.6 is 0 Å². The van der Waals surface area contributed by atoms with Crippen molar-refractivity contribution in [1.29, 1.82) is 0 Å². The smallest absolute Gasteiger partial charge is 0.255 e. The summed E-state index contributed by atoms with van der Waals surface area (Å²) in [5, 5.41) is 0. The van der Waals surface area contributed by atoms with Crippen LogP contribution in [0.3, 0.4) is 0 Å². The molecule has 2 heterocycles. The molecule has 1 aromatic heterocycles. The molecule has 2 amide bonds. The van der Waals surface area contributed by atoms with Gasteiger partial charge < -0.3 is 10.6 Å². The number of nitrogens with two attached hydrogens (primary N) is 1. The maximum Gasteiger partial charge on any atom is 0.255 e. The number of pyridine rings is 1. The molecule has 0 bridgehead atoms. The third-order valence-corrected chi connectivity index (χ3v) is 4.19. The van der Waals surface area contributed by atoms with Crippen LogP contribution in [0.5, 0.6) is 0 Å². The maximum atomic E-state index is 12.5. The lowest BCUT2D eigenvalue weighted by Crippen LogP contribution is -2.51. The van der Waals surface area contributed by atoms with Crippen molar-refractivity contribution >= 4 is 11.8 Å². The van der Waals surface area contributed by atoms with Crippen LogP contribution in [0.4, 0.5) is 0 Å². The first-order valence-corrected chi connectivity index (χ1v) is 6.99. The first-order chi connectivity index (χ1) is 9.48. The zero-order valence-corrected chi connectivity index (χ0v) is 12.1. The van der Waals surface area contributed by atoms with Crippen LogP contribution in [-0.2, 0) is 4.79 Å². The molecule has 1 aromatic rings. The van der Waals surface area contributed by atoms with Gasteiger partial charge in [0, 0.05) is 25.5 Å². The fourth-order valence-electron chi connectivity index (χ4n) is 2.82. The zero-order chi connectivity index (χ0) is 14.8. The molecule has 1 aliphatic heterocycles. The van der Waals surface area contributed by atoms with Crippen molar-refractivity contribution in [3.8, 4) is 0 Å². The molecule has 2 N–H and O–H groups in total. The predicted octanol–water partition coefficient (Wildman–Crippen LogP) is 1.51. The summed E-state index contributed by atoms with van der Waals surface area (Å²) < 4.78 is 0. The number of piperidine rings is 1. The van der Waals surface area contributed by atoms with Crippen LogP contribution in [0.1, 0.15) is 42.1 Å². The summed E-state index contributed by atoms with van der Waals surface area (Å²) in [7, 11) is 0. The molecule has 20 heavy (non-hydrogen) atoms. The lowest BCUT2D eigenvalue weighted by atomic mass is 9.77. The van der Waals surface area contributed by atoms with Gasteiger partial charge in [0.25, 0.3) is 5.91 Å². The maximum absolute atomic E-state index is 12.5. The van der Waals surface area contributed by atoms with Crippen LogP contribution in [0.15, 0.2) is 18.5 Å². The largest absolute Gasteiger partial charge is 0.369 e. The number of hydrogen-bond donors (Lipinski definition) is 1. The average Bonchev–Trinajstić information content (AvgIpc) is 2.46. The van der Waals surface area contributed by atoms with Crippen molar-refractivity contribution in [2.45, 2.75) is 33.1 Å². The van der Waals surface area contributed by atoms with Crippen LogP contribution in [-0.4, -0.2) is 34.8 Å². The van der Waals surface area contributed by atoms with E-state index in [0.717, 1.165) is 18.4 Å². The highest BCUT2D eigenvalue weighted by Crippen LogP contribution is 2.33. The van der Waals surface area contributed by atoms with Crippen molar-refractivity contribution in [3.63, 3.8) is 0 Å². The van der Waals surface area contributed by atoms with E-state index in [0.29, 0.717) is 25.1 Å². The molecule has 0 saturated carbocycles. The predicted molar refractivity (Wildman–Crippen MR) is 76.0 cm³/mol. The highest BCUT2D eigenvalue weighted by atomic mass is 16.2. The molecular weight excluding hydrogens is 254 g/mol. The SMILES string of the molecule is CCC1(C(N)=O)CCCN(C(=O)c2cncc(C)c2)C1. The molecule has 1 fully saturated rings. The third-order valence-electron chi connectivity index (χ3n) is 4.19. The molecule has 1 unspecified atom stereocenters. The number of primary amides is 1. The second-order valence-corrected chi connectivity index (χ2v) is 5.58. The van der Waals surface area contributed by atoms with Crippen molar-refractivity contribution in [3.05, 3.63) is 29.6 Å². The number of hydrogen-bond acceptors (Lipinski definition) is 3. The summed E-state index contributed by atoms with van der Waals surface area (Å²) in [6.45, 7) is 4.93. The quantitative estimate of drug-likeness (QED) is 0.908. The van der Waals surface area contributed by atoms with E-state index in [4.69, 9.17) is 5.73 Å². The van der Waals surface area contributed by atoms with E-state index in [9.17, 15) is 9.59 Å². The van der Waals surface area contributed by atoms with E-state index in [1.807, 2.05) is 19.9 Å². The van der Waals surface area contributed by atoms with E-state index in [2.05, 4.69) is 4.98 Å². The molecule has 0 radical (unpaired) electrons. The minimum absolute atomic E-state index is 0.0695. The monoisotopic (exact) mass is 275 g/mol. The van der Waals surface area contributed by atoms with Crippen molar-refractivity contribution in [2.75, 3.05) is 13.1 Å². The Balaban J connectivity index is 2.21. The van der Waals surface area contributed by atoms with Gasteiger partial charge >= 0.3 is 0 Å². The standard InChI is InChI=1S/C15H21N3O2/c1-3-15(14(16)20)5-4-6-18(10-15)13(19)12-7-11(2)8-17-9-12/h7-9H,3-6,10H2,1-2H3,(H2,16,20). The molecule has 1 aliphatic rings. The second-order valence-electron chi connectivity index (χ2n) is 5.58. The van der Waals surface area contributed by atoms with Crippen LogP contribution in [0.25, 0.3) is 0 Å². The van der Waals surface area contributed by atoms with E-state index in [1.165, 1.54) is 0 Å². The number of carbonyl (C=O) groups excluding carboxylic acids is 2. The molecule has 108 valence electrons. The second kappa shape index (κ2) is 5.61. The third kappa shape index (κ3) is 2.66. The lowest BCUT2D eigenvalue weighted by Gasteiger charge is -2.40. The van der Waals surface area contributed by atoms with E-state index in [1.54, 1.807) is 17.3 Å². The van der Waals surface area contributed by atoms with Crippen molar-refractivity contribution in [2.24, 2.45) is 11.1 Å². The average molecular weight is 275 g/mol. The topological polar surface area (TPSA) is 76.3 Å². The number of aryl methyl sites for hydroxylation is 1. The molecule has 1 atom stereocenters. The summed E-state index contributed by atoms with van der Waals surface area (Å²) in [6, 6.07) is 1.82. The summed E-state index contributed by atoms with van der Waals surface area (Å²) in [6.07, 6.45) is 5.52. The molecule has 5 nitrogen and oxygen atoms in total. The molecule has 0 aliphatic carbocycles. The Hall–Kier alpha value is -1.91. The molecule has 5 heteroatoms. The fraction of sp³-hybridized carbons (Fsp3) is 0.533. The molecule has 0 spiro atoms. The number of carbonyl (C=O) groups is 2.